The molecule has 1 amide bonds. The molecule has 9 heteroatoms. The van der Waals surface area contributed by atoms with Crippen molar-refractivity contribution in [2.45, 2.75) is 24.8 Å². The van der Waals surface area contributed by atoms with E-state index in [0.717, 1.165) is 8.78 Å². The number of amides is 1. The van der Waals surface area contributed by atoms with E-state index in [9.17, 15) is 13.2 Å². The normalized spacial score (nSPS) is 12.3. The highest BCUT2D eigenvalue weighted by atomic mass is 79.9. The van der Waals surface area contributed by atoms with Crippen molar-refractivity contribution in [3.05, 3.63) is 53.0 Å². The number of benzene rings is 2. The van der Waals surface area contributed by atoms with Crippen LogP contribution in [0.15, 0.2) is 57.9 Å². The van der Waals surface area contributed by atoms with E-state index in [1.54, 1.807) is 43.3 Å². The van der Waals surface area contributed by atoms with Crippen molar-refractivity contribution < 1.29 is 22.7 Å². The summed E-state index contributed by atoms with van der Waals surface area (Å²) in [4.78, 5) is 12.6. The van der Waals surface area contributed by atoms with Crippen molar-refractivity contribution in [3.63, 3.8) is 0 Å². The molecule has 0 aliphatic heterocycles. The highest BCUT2D eigenvalue weighted by Crippen LogP contribution is 2.26. The van der Waals surface area contributed by atoms with Gasteiger partial charge in [0.25, 0.3) is 10.0 Å². The SMILES string of the molecule is CCOc1ccc(N(CC(=O)N[C@H](C)COC)S(=O)(=O)c2ccc(Br)cc2)cc1. The second kappa shape index (κ2) is 10.6. The number of ether oxygens (including phenoxy) is 2. The van der Waals surface area contributed by atoms with Crippen molar-refractivity contribution in [1.82, 2.24) is 5.32 Å². The summed E-state index contributed by atoms with van der Waals surface area (Å²) in [5.41, 5.74) is 0.367. The lowest BCUT2D eigenvalue weighted by Gasteiger charge is -2.25. The molecule has 158 valence electrons. The molecule has 2 aromatic carbocycles. The van der Waals surface area contributed by atoms with Gasteiger partial charge in [-0.2, -0.15) is 0 Å². The van der Waals surface area contributed by atoms with E-state index in [-0.39, 0.29) is 17.5 Å². The predicted molar refractivity (Wildman–Crippen MR) is 116 cm³/mol. The number of halogens is 1. The zero-order chi connectivity index (χ0) is 21.4. The number of rotatable bonds is 10. The smallest absolute Gasteiger partial charge is 0.264 e. The van der Waals surface area contributed by atoms with Gasteiger partial charge < -0.3 is 14.8 Å². The van der Waals surface area contributed by atoms with Crippen LogP contribution in [0.4, 0.5) is 5.69 Å². The molecule has 1 atom stereocenters. The quantitative estimate of drug-likeness (QED) is 0.559. The van der Waals surface area contributed by atoms with Gasteiger partial charge in [-0.25, -0.2) is 8.42 Å². The topological polar surface area (TPSA) is 84.9 Å². The Morgan fingerprint density at radius 1 is 1.14 bits per heavy atom. The van der Waals surface area contributed by atoms with Crippen LogP contribution in [0, 0.1) is 0 Å². The van der Waals surface area contributed by atoms with E-state index in [4.69, 9.17) is 9.47 Å². The van der Waals surface area contributed by atoms with Crippen LogP contribution in [0.1, 0.15) is 13.8 Å². The minimum atomic E-state index is -3.96. The molecule has 0 radical (unpaired) electrons. The van der Waals surface area contributed by atoms with Gasteiger partial charge in [0.15, 0.2) is 0 Å². The fourth-order valence-electron chi connectivity index (χ4n) is 2.67. The summed E-state index contributed by atoms with van der Waals surface area (Å²) in [6, 6.07) is 12.6. The van der Waals surface area contributed by atoms with Crippen molar-refractivity contribution in [2.75, 3.05) is 31.2 Å². The lowest BCUT2D eigenvalue weighted by atomic mass is 10.3. The Balaban J connectivity index is 2.36. The molecule has 0 saturated carbocycles. The molecule has 0 unspecified atom stereocenters. The van der Waals surface area contributed by atoms with Gasteiger partial charge in [0.1, 0.15) is 12.3 Å². The first-order valence-electron chi connectivity index (χ1n) is 9.07. The van der Waals surface area contributed by atoms with E-state index in [0.29, 0.717) is 24.7 Å². The summed E-state index contributed by atoms with van der Waals surface area (Å²) in [6.07, 6.45) is 0. The van der Waals surface area contributed by atoms with Crippen LogP contribution in [-0.4, -0.2) is 47.2 Å². The standard InChI is InChI=1S/C20H25BrN2O5S/c1-4-28-18-9-7-17(8-10-18)23(13-20(24)22-15(2)14-27-3)29(25,26)19-11-5-16(21)6-12-19/h5-12,15H,4,13-14H2,1-3H3,(H,22,24)/t15-/m1/s1. The summed E-state index contributed by atoms with van der Waals surface area (Å²) >= 11 is 3.30. The molecule has 7 nitrogen and oxygen atoms in total. The first kappa shape index (κ1) is 23.2. The molecule has 0 saturated heterocycles. The summed E-state index contributed by atoms with van der Waals surface area (Å²) in [7, 11) is -2.42. The summed E-state index contributed by atoms with van der Waals surface area (Å²) < 4.78 is 38.8. The summed E-state index contributed by atoms with van der Waals surface area (Å²) in [6.45, 7) is 4.12. The number of hydrogen-bond donors (Lipinski definition) is 1. The third kappa shape index (κ3) is 6.45. The Kier molecular flexibility index (Phi) is 8.48. The lowest BCUT2D eigenvalue weighted by Crippen LogP contribution is -2.44. The second-order valence-corrected chi connectivity index (χ2v) is 9.09. The van der Waals surface area contributed by atoms with Gasteiger partial charge in [0.2, 0.25) is 5.91 Å². The van der Waals surface area contributed by atoms with Gasteiger partial charge in [0.05, 0.1) is 23.8 Å². The molecule has 0 fully saturated rings. The van der Waals surface area contributed by atoms with Crippen molar-refractivity contribution in [2.24, 2.45) is 0 Å². The zero-order valence-electron chi connectivity index (χ0n) is 16.6. The van der Waals surface area contributed by atoms with E-state index in [1.165, 1.54) is 19.2 Å². The molecular weight excluding hydrogens is 460 g/mol. The zero-order valence-corrected chi connectivity index (χ0v) is 19.0. The maximum Gasteiger partial charge on any atom is 0.264 e. The van der Waals surface area contributed by atoms with Crippen LogP contribution in [0.5, 0.6) is 5.75 Å². The number of carbonyl (C=O) groups is 1. The average Bonchev–Trinajstić information content (AvgIpc) is 2.67. The number of anilines is 1. The molecule has 0 aromatic heterocycles. The van der Waals surface area contributed by atoms with E-state index >= 15 is 0 Å². The highest BCUT2D eigenvalue weighted by Gasteiger charge is 2.27. The maximum atomic E-state index is 13.3. The maximum absolute atomic E-state index is 13.3. The fourth-order valence-corrected chi connectivity index (χ4v) is 4.35. The Hall–Kier alpha value is -2.10. The monoisotopic (exact) mass is 484 g/mol. The third-order valence-corrected chi connectivity index (χ3v) is 6.27. The second-order valence-electron chi connectivity index (χ2n) is 6.32. The van der Waals surface area contributed by atoms with Crippen LogP contribution in [0.25, 0.3) is 0 Å². The number of nitrogens with zero attached hydrogens (tertiary/aromatic N) is 1. The lowest BCUT2D eigenvalue weighted by molar-refractivity contribution is -0.120. The largest absolute Gasteiger partial charge is 0.494 e. The van der Waals surface area contributed by atoms with Crippen LogP contribution in [0.2, 0.25) is 0 Å². The molecule has 0 spiro atoms. The van der Waals surface area contributed by atoms with Crippen molar-refractivity contribution in [1.29, 1.82) is 0 Å². The van der Waals surface area contributed by atoms with Crippen molar-refractivity contribution >= 4 is 37.5 Å². The number of carbonyl (C=O) groups excluding carboxylic acids is 1. The third-order valence-electron chi connectivity index (χ3n) is 3.95. The molecule has 0 aliphatic carbocycles. The van der Waals surface area contributed by atoms with Crippen LogP contribution in [0.3, 0.4) is 0 Å². The highest BCUT2D eigenvalue weighted by molar-refractivity contribution is 9.10. The predicted octanol–water partition coefficient (Wildman–Crippen LogP) is 3.19. The van der Waals surface area contributed by atoms with Gasteiger partial charge in [-0.05, 0) is 62.4 Å². The summed E-state index contributed by atoms with van der Waals surface area (Å²) in [5, 5.41) is 2.74. The molecule has 2 aromatic rings. The van der Waals surface area contributed by atoms with Gasteiger partial charge in [-0.1, -0.05) is 15.9 Å². The van der Waals surface area contributed by atoms with Gasteiger partial charge in [-0.15, -0.1) is 0 Å². The minimum absolute atomic E-state index is 0.0901. The first-order chi connectivity index (χ1) is 13.8. The number of methoxy groups -OCH3 is 1. The van der Waals surface area contributed by atoms with E-state index in [2.05, 4.69) is 21.2 Å². The Morgan fingerprint density at radius 3 is 2.31 bits per heavy atom. The summed E-state index contributed by atoms with van der Waals surface area (Å²) in [5.74, 6) is 0.194. The van der Waals surface area contributed by atoms with Gasteiger partial charge in [-0.3, -0.25) is 9.10 Å². The van der Waals surface area contributed by atoms with Crippen LogP contribution < -0.4 is 14.4 Å². The van der Waals surface area contributed by atoms with Crippen LogP contribution >= 0.6 is 15.9 Å². The molecule has 29 heavy (non-hydrogen) atoms. The Morgan fingerprint density at radius 2 is 1.76 bits per heavy atom. The molecule has 0 aliphatic rings. The number of sulfonamides is 1. The Bertz CT molecular complexity index is 901. The van der Waals surface area contributed by atoms with Crippen molar-refractivity contribution in [3.8, 4) is 5.75 Å². The number of nitrogens with one attached hydrogen (secondary N) is 1. The molecule has 0 bridgehead atoms. The first-order valence-corrected chi connectivity index (χ1v) is 11.3. The molecule has 1 N–H and O–H groups in total. The molecule has 2 rings (SSSR count). The molecule has 0 heterocycles. The average molecular weight is 485 g/mol. The number of hydrogen-bond acceptors (Lipinski definition) is 5. The van der Waals surface area contributed by atoms with Gasteiger partial charge >= 0.3 is 0 Å². The molecular formula is C20H25BrN2O5S. The van der Waals surface area contributed by atoms with E-state index < -0.39 is 15.9 Å². The minimum Gasteiger partial charge on any atom is -0.494 e. The van der Waals surface area contributed by atoms with Crippen LogP contribution in [-0.2, 0) is 19.6 Å². The Labute approximate surface area is 180 Å². The van der Waals surface area contributed by atoms with E-state index in [1.807, 2.05) is 6.92 Å². The van der Waals surface area contributed by atoms with Gasteiger partial charge in [0, 0.05) is 17.6 Å². The fraction of sp³-hybridized carbons (Fsp3) is 0.350.